The number of hydrogen-bond donors (Lipinski definition) is 1. The van der Waals surface area contributed by atoms with Gasteiger partial charge in [0.1, 0.15) is 11.5 Å². The van der Waals surface area contributed by atoms with Gasteiger partial charge in [0.05, 0.1) is 17.2 Å². The highest BCUT2D eigenvalue weighted by Crippen LogP contribution is 2.26. The van der Waals surface area contributed by atoms with Crippen molar-refractivity contribution in [3.8, 4) is 17.6 Å². The summed E-state index contributed by atoms with van der Waals surface area (Å²) in [4.78, 5) is 17.8. The summed E-state index contributed by atoms with van der Waals surface area (Å²) in [6, 6.07) is 34.7. The van der Waals surface area contributed by atoms with Gasteiger partial charge in [-0.05, 0) is 66.2 Å². The zero-order valence-electron chi connectivity index (χ0n) is 20.5. The van der Waals surface area contributed by atoms with Crippen LogP contribution in [0.3, 0.4) is 0 Å². The lowest BCUT2D eigenvalue weighted by Gasteiger charge is -2.36. The van der Waals surface area contributed by atoms with Gasteiger partial charge in [0.15, 0.2) is 0 Å². The van der Waals surface area contributed by atoms with Gasteiger partial charge in [0.2, 0.25) is 0 Å². The first-order chi connectivity index (χ1) is 18.2. The van der Waals surface area contributed by atoms with Gasteiger partial charge in [-0.1, -0.05) is 42.5 Å². The summed E-state index contributed by atoms with van der Waals surface area (Å²) in [6.07, 6.45) is 0. The zero-order chi connectivity index (χ0) is 25.5. The highest BCUT2D eigenvalue weighted by molar-refractivity contribution is 6.06. The van der Waals surface area contributed by atoms with Crippen molar-refractivity contribution in [2.45, 2.75) is 6.54 Å². The minimum Gasteiger partial charge on any atom is -0.457 e. The first-order valence-electron chi connectivity index (χ1n) is 12.4. The van der Waals surface area contributed by atoms with E-state index in [1.54, 1.807) is 12.1 Å². The molecule has 5 rings (SSSR count). The molecule has 1 fully saturated rings. The van der Waals surface area contributed by atoms with Gasteiger partial charge in [-0.25, -0.2) is 0 Å². The number of piperazine rings is 1. The number of amides is 1. The Hall–Kier alpha value is -4.60. The Kier molecular flexibility index (Phi) is 7.44. The number of anilines is 2. The molecule has 6 nitrogen and oxygen atoms in total. The fourth-order valence-electron chi connectivity index (χ4n) is 4.47. The Balaban J connectivity index is 1.17. The molecule has 1 saturated heterocycles. The lowest BCUT2D eigenvalue weighted by atomic mass is 10.1. The van der Waals surface area contributed by atoms with E-state index in [-0.39, 0.29) is 5.91 Å². The number of nitriles is 1. The molecule has 0 saturated carbocycles. The van der Waals surface area contributed by atoms with Gasteiger partial charge in [-0.3, -0.25) is 9.69 Å². The fourth-order valence-corrected chi connectivity index (χ4v) is 4.47. The van der Waals surface area contributed by atoms with Crippen LogP contribution in [0.1, 0.15) is 21.5 Å². The van der Waals surface area contributed by atoms with Gasteiger partial charge in [-0.2, -0.15) is 5.26 Å². The summed E-state index contributed by atoms with van der Waals surface area (Å²) < 4.78 is 5.94. The number of ether oxygens (including phenoxy) is 1. The Morgan fingerprint density at radius 1 is 0.838 bits per heavy atom. The highest BCUT2D eigenvalue weighted by atomic mass is 16.5. The Morgan fingerprint density at radius 3 is 2.32 bits per heavy atom. The molecule has 1 heterocycles. The van der Waals surface area contributed by atoms with Crippen LogP contribution in [0.4, 0.5) is 11.4 Å². The van der Waals surface area contributed by atoms with E-state index in [9.17, 15) is 4.79 Å². The molecular formula is C31H28N4O2. The SMILES string of the molecule is N#Cc1cccc(CN2CCN(c3ccc(NC(=O)c4ccccc4Oc4ccccc4)cc3)CC2)c1. The molecule has 37 heavy (non-hydrogen) atoms. The summed E-state index contributed by atoms with van der Waals surface area (Å²) in [5.74, 6) is 0.983. The molecule has 6 heteroatoms. The van der Waals surface area contributed by atoms with Crippen LogP contribution in [0.15, 0.2) is 103 Å². The Labute approximate surface area is 217 Å². The van der Waals surface area contributed by atoms with Crippen LogP contribution in [-0.2, 0) is 6.54 Å². The number of benzene rings is 4. The van der Waals surface area contributed by atoms with Crippen LogP contribution in [0.5, 0.6) is 11.5 Å². The maximum absolute atomic E-state index is 13.0. The van der Waals surface area contributed by atoms with E-state index in [0.29, 0.717) is 22.6 Å². The molecule has 1 amide bonds. The number of rotatable bonds is 7. The van der Waals surface area contributed by atoms with Crippen molar-refractivity contribution in [1.82, 2.24) is 4.90 Å². The molecule has 4 aromatic carbocycles. The third-order valence-corrected chi connectivity index (χ3v) is 6.43. The minimum atomic E-state index is -0.214. The Bertz CT molecular complexity index is 1390. The topological polar surface area (TPSA) is 68.6 Å². The third-order valence-electron chi connectivity index (χ3n) is 6.43. The number of nitrogens with one attached hydrogen (secondary N) is 1. The third kappa shape index (κ3) is 6.16. The number of carbonyl (C=O) groups excluding carboxylic acids is 1. The summed E-state index contributed by atoms with van der Waals surface area (Å²) in [5, 5.41) is 12.1. The van der Waals surface area contributed by atoms with Crippen molar-refractivity contribution in [3.63, 3.8) is 0 Å². The summed E-state index contributed by atoms with van der Waals surface area (Å²) >= 11 is 0. The number of carbonyl (C=O) groups is 1. The molecule has 0 spiro atoms. The van der Waals surface area contributed by atoms with Crippen molar-refractivity contribution in [2.24, 2.45) is 0 Å². The maximum atomic E-state index is 13.0. The van der Waals surface area contributed by atoms with Crippen molar-refractivity contribution in [2.75, 3.05) is 36.4 Å². The van der Waals surface area contributed by atoms with Crippen molar-refractivity contribution in [1.29, 1.82) is 5.26 Å². The normalized spacial score (nSPS) is 13.5. The average molecular weight is 489 g/mol. The number of hydrogen-bond acceptors (Lipinski definition) is 5. The minimum absolute atomic E-state index is 0.214. The summed E-state index contributed by atoms with van der Waals surface area (Å²) in [7, 11) is 0. The molecule has 0 aliphatic carbocycles. The maximum Gasteiger partial charge on any atom is 0.259 e. The van der Waals surface area contributed by atoms with Gasteiger partial charge < -0.3 is 15.0 Å². The van der Waals surface area contributed by atoms with Crippen molar-refractivity contribution >= 4 is 17.3 Å². The van der Waals surface area contributed by atoms with Gasteiger partial charge in [-0.15, -0.1) is 0 Å². The molecule has 184 valence electrons. The first kappa shape index (κ1) is 24.1. The van der Waals surface area contributed by atoms with E-state index >= 15 is 0 Å². The second-order valence-corrected chi connectivity index (χ2v) is 8.99. The highest BCUT2D eigenvalue weighted by Gasteiger charge is 2.18. The number of nitrogens with zero attached hydrogens (tertiary/aromatic N) is 3. The second kappa shape index (κ2) is 11.4. The molecule has 1 N–H and O–H groups in total. The molecule has 4 aromatic rings. The molecule has 0 radical (unpaired) electrons. The molecule has 0 atom stereocenters. The van der Waals surface area contributed by atoms with Crippen LogP contribution in [-0.4, -0.2) is 37.0 Å². The monoisotopic (exact) mass is 488 g/mol. The smallest absolute Gasteiger partial charge is 0.259 e. The van der Waals surface area contributed by atoms with E-state index < -0.39 is 0 Å². The molecule has 0 unspecified atom stereocenters. The molecule has 0 bridgehead atoms. The lowest BCUT2D eigenvalue weighted by Crippen LogP contribution is -2.45. The van der Waals surface area contributed by atoms with Crippen LogP contribution >= 0.6 is 0 Å². The Morgan fingerprint density at radius 2 is 1.57 bits per heavy atom. The van der Waals surface area contributed by atoms with E-state index in [1.807, 2.05) is 84.9 Å². The fraction of sp³-hybridized carbons (Fsp3) is 0.161. The quantitative estimate of drug-likeness (QED) is 0.349. The first-order valence-corrected chi connectivity index (χ1v) is 12.4. The second-order valence-electron chi connectivity index (χ2n) is 8.99. The van der Waals surface area contributed by atoms with Crippen molar-refractivity contribution < 1.29 is 9.53 Å². The van der Waals surface area contributed by atoms with E-state index in [0.717, 1.165) is 44.1 Å². The summed E-state index contributed by atoms with van der Waals surface area (Å²) in [6.45, 7) is 4.60. The largest absolute Gasteiger partial charge is 0.457 e. The van der Waals surface area contributed by atoms with Crippen LogP contribution in [0.25, 0.3) is 0 Å². The van der Waals surface area contributed by atoms with Crippen molar-refractivity contribution in [3.05, 3.63) is 120 Å². The van der Waals surface area contributed by atoms with Gasteiger partial charge in [0, 0.05) is 44.1 Å². The predicted molar refractivity (Wildman–Crippen MR) is 146 cm³/mol. The zero-order valence-corrected chi connectivity index (χ0v) is 20.5. The lowest BCUT2D eigenvalue weighted by molar-refractivity contribution is 0.102. The number of para-hydroxylation sites is 2. The van der Waals surface area contributed by atoms with Gasteiger partial charge in [0.25, 0.3) is 5.91 Å². The molecule has 1 aliphatic rings. The molecule has 1 aliphatic heterocycles. The van der Waals surface area contributed by atoms with E-state index in [2.05, 4.69) is 27.3 Å². The average Bonchev–Trinajstić information content (AvgIpc) is 2.95. The van der Waals surface area contributed by atoms with E-state index in [4.69, 9.17) is 10.00 Å². The van der Waals surface area contributed by atoms with E-state index in [1.165, 1.54) is 5.56 Å². The standard InChI is InChI=1S/C31H28N4O2/c32-22-24-7-6-8-25(21-24)23-34-17-19-35(20-18-34)27-15-13-26(14-16-27)33-31(36)29-11-4-5-12-30(29)37-28-9-2-1-3-10-28/h1-16,21H,17-20,23H2,(H,33,36). The van der Waals surface area contributed by atoms with Crippen LogP contribution in [0, 0.1) is 11.3 Å². The van der Waals surface area contributed by atoms with Gasteiger partial charge >= 0.3 is 0 Å². The molecular weight excluding hydrogens is 460 g/mol. The molecule has 0 aromatic heterocycles. The predicted octanol–water partition coefficient (Wildman–Crippen LogP) is 5.93. The summed E-state index contributed by atoms with van der Waals surface area (Å²) in [5.41, 5.74) is 4.22. The van der Waals surface area contributed by atoms with Crippen LogP contribution < -0.4 is 15.0 Å². The van der Waals surface area contributed by atoms with Crippen LogP contribution in [0.2, 0.25) is 0 Å².